The highest BCUT2D eigenvalue weighted by Crippen LogP contribution is 2.29. The van der Waals surface area contributed by atoms with Crippen LogP contribution in [0.15, 0.2) is 48.5 Å². The van der Waals surface area contributed by atoms with Crippen molar-refractivity contribution in [3.05, 3.63) is 75.3 Å². The summed E-state index contributed by atoms with van der Waals surface area (Å²) >= 11 is 0. The highest BCUT2D eigenvalue weighted by atomic mass is 19.4. The van der Waals surface area contributed by atoms with Crippen molar-refractivity contribution in [3.8, 4) is 6.07 Å². The van der Waals surface area contributed by atoms with Gasteiger partial charge in [0, 0.05) is 36.2 Å². The third kappa shape index (κ3) is 5.05. The molecule has 0 aliphatic carbocycles. The molecular weight excluding hydrogens is 415 g/mol. The minimum atomic E-state index is -4.47. The van der Waals surface area contributed by atoms with Crippen LogP contribution in [-0.2, 0) is 6.18 Å². The monoisotopic (exact) mass is 429 g/mol. The number of nitro benzene ring substituents is 1. The number of anilines is 1. The molecule has 0 aliphatic rings. The van der Waals surface area contributed by atoms with Crippen molar-refractivity contribution in [3.63, 3.8) is 0 Å². The van der Waals surface area contributed by atoms with Crippen LogP contribution in [0.1, 0.15) is 21.5 Å². The van der Waals surface area contributed by atoms with Gasteiger partial charge >= 0.3 is 6.18 Å². The van der Waals surface area contributed by atoms with Crippen LogP contribution in [0.3, 0.4) is 0 Å². The Balaban J connectivity index is 1.61. The number of hydrogen-bond acceptors (Lipinski definition) is 6. The number of carbonyl (C=O) groups excluding carboxylic acids is 1. The second kappa shape index (κ2) is 8.66. The number of amides is 1. The zero-order valence-corrected chi connectivity index (χ0v) is 15.7. The van der Waals surface area contributed by atoms with Gasteiger partial charge in [0.2, 0.25) is 0 Å². The van der Waals surface area contributed by atoms with Gasteiger partial charge in [-0.25, -0.2) is 4.98 Å². The van der Waals surface area contributed by atoms with Crippen LogP contribution in [0.2, 0.25) is 0 Å². The van der Waals surface area contributed by atoms with Crippen molar-refractivity contribution in [1.82, 2.24) is 10.3 Å². The third-order valence-electron chi connectivity index (χ3n) is 4.31. The van der Waals surface area contributed by atoms with Crippen molar-refractivity contribution in [2.24, 2.45) is 0 Å². The van der Waals surface area contributed by atoms with E-state index >= 15 is 0 Å². The van der Waals surface area contributed by atoms with E-state index in [0.29, 0.717) is 16.7 Å². The Bertz CT molecular complexity index is 1190. The summed E-state index contributed by atoms with van der Waals surface area (Å²) in [5.41, 5.74) is -0.319. The smallest absolute Gasteiger partial charge is 0.368 e. The third-order valence-corrected chi connectivity index (χ3v) is 4.31. The Labute approximate surface area is 173 Å². The molecule has 31 heavy (non-hydrogen) atoms. The van der Waals surface area contributed by atoms with Crippen LogP contribution in [0, 0.1) is 21.4 Å². The van der Waals surface area contributed by atoms with E-state index in [0.717, 1.165) is 24.3 Å². The van der Waals surface area contributed by atoms with Gasteiger partial charge in [-0.05, 0) is 36.4 Å². The molecule has 0 fully saturated rings. The number of aromatic nitrogens is 1. The van der Waals surface area contributed by atoms with Crippen molar-refractivity contribution >= 4 is 28.3 Å². The molecule has 0 saturated heterocycles. The lowest BCUT2D eigenvalue weighted by Crippen LogP contribution is -2.29. The van der Waals surface area contributed by atoms with E-state index in [9.17, 15) is 33.3 Å². The maximum Gasteiger partial charge on any atom is 0.416 e. The Morgan fingerprint density at radius 1 is 1.13 bits per heavy atom. The summed E-state index contributed by atoms with van der Waals surface area (Å²) in [6.45, 7) is 0.366. The number of pyridine rings is 1. The lowest BCUT2D eigenvalue weighted by molar-refractivity contribution is -0.384. The van der Waals surface area contributed by atoms with Gasteiger partial charge in [0.05, 0.1) is 27.6 Å². The first-order valence-electron chi connectivity index (χ1n) is 8.87. The lowest BCUT2D eigenvalue weighted by Gasteiger charge is -2.10. The van der Waals surface area contributed by atoms with Crippen LogP contribution in [0.4, 0.5) is 24.7 Å². The first-order valence-corrected chi connectivity index (χ1v) is 8.87. The standard InChI is InChI=1S/C20H14F3N5O3/c21-20(22,23)14-3-1-12(2-4-14)19(29)26-8-7-25-18-9-13(11-24)16-10-15(28(30)31)5-6-17(16)27-18/h1-6,9-10H,7-8H2,(H,25,27)(H,26,29). The number of non-ortho nitro benzene ring substituents is 1. The fourth-order valence-corrected chi connectivity index (χ4v) is 2.79. The number of fused-ring (bicyclic) bond motifs is 1. The molecule has 3 aromatic rings. The molecule has 3 rings (SSSR count). The number of halogens is 3. The topological polar surface area (TPSA) is 121 Å². The van der Waals surface area contributed by atoms with Gasteiger partial charge in [-0.15, -0.1) is 0 Å². The van der Waals surface area contributed by atoms with Gasteiger partial charge in [-0.1, -0.05) is 0 Å². The normalized spacial score (nSPS) is 11.0. The largest absolute Gasteiger partial charge is 0.416 e. The zero-order valence-electron chi connectivity index (χ0n) is 15.7. The van der Waals surface area contributed by atoms with Crippen molar-refractivity contribution in [1.29, 1.82) is 5.26 Å². The molecule has 1 heterocycles. The minimum Gasteiger partial charge on any atom is -0.368 e. The Morgan fingerprint density at radius 2 is 1.84 bits per heavy atom. The van der Waals surface area contributed by atoms with E-state index in [1.807, 2.05) is 6.07 Å². The van der Waals surface area contributed by atoms with Gasteiger partial charge in [-0.3, -0.25) is 14.9 Å². The van der Waals surface area contributed by atoms with Crippen molar-refractivity contribution < 1.29 is 22.9 Å². The fourth-order valence-electron chi connectivity index (χ4n) is 2.79. The molecule has 0 radical (unpaired) electrons. The number of nitrogens with one attached hydrogen (secondary N) is 2. The Morgan fingerprint density at radius 3 is 2.45 bits per heavy atom. The first kappa shape index (κ1) is 21.5. The number of nitrogens with zero attached hydrogens (tertiary/aromatic N) is 3. The van der Waals surface area contributed by atoms with Gasteiger partial charge in [0.25, 0.3) is 11.6 Å². The van der Waals surface area contributed by atoms with Crippen LogP contribution >= 0.6 is 0 Å². The number of nitriles is 1. The Hall–Kier alpha value is -4.20. The predicted octanol–water partition coefficient (Wildman–Crippen LogP) is 3.88. The average Bonchev–Trinajstić information content (AvgIpc) is 2.75. The van der Waals surface area contributed by atoms with Crippen LogP contribution in [0.5, 0.6) is 0 Å². The van der Waals surface area contributed by atoms with Gasteiger partial charge in [0.1, 0.15) is 5.82 Å². The molecule has 1 amide bonds. The summed E-state index contributed by atoms with van der Waals surface area (Å²) in [6, 6.07) is 11.2. The molecule has 8 nitrogen and oxygen atoms in total. The maximum absolute atomic E-state index is 12.6. The molecule has 11 heteroatoms. The van der Waals surface area contributed by atoms with E-state index in [4.69, 9.17) is 0 Å². The zero-order chi connectivity index (χ0) is 22.6. The molecule has 0 atom stereocenters. The molecule has 2 N–H and O–H groups in total. The summed E-state index contributed by atoms with van der Waals surface area (Å²) in [4.78, 5) is 26.7. The number of rotatable bonds is 6. The summed E-state index contributed by atoms with van der Waals surface area (Å²) < 4.78 is 37.7. The molecule has 1 aromatic heterocycles. The van der Waals surface area contributed by atoms with Crippen molar-refractivity contribution in [2.45, 2.75) is 6.18 Å². The highest BCUT2D eigenvalue weighted by molar-refractivity contribution is 5.94. The molecule has 0 saturated carbocycles. The van der Waals surface area contributed by atoms with E-state index in [-0.39, 0.29) is 29.9 Å². The SMILES string of the molecule is N#Cc1cc(NCCNC(=O)c2ccc(C(F)(F)F)cc2)nc2ccc([N+](=O)[O-])cc12. The summed E-state index contributed by atoms with van der Waals surface area (Å²) in [7, 11) is 0. The van der Waals surface area contributed by atoms with E-state index < -0.39 is 22.6 Å². The second-order valence-corrected chi connectivity index (χ2v) is 6.38. The molecule has 0 spiro atoms. The van der Waals surface area contributed by atoms with Crippen molar-refractivity contribution in [2.75, 3.05) is 18.4 Å². The van der Waals surface area contributed by atoms with E-state index in [1.165, 1.54) is 24.3 Å². The quantitative estimate of drug-likeness (QED) is 0.349. The van der Waals surface area contributed by atoms with Crippen LogP contribution in [-0.4, -0.2) is 28.9 Å². The van der Waals surface area contributed by atoms with E-state index in [1.54, 1.807) is 0 Å². The number of nitro groups is 1. The summed E-state index contributed by atoms with van der Waals surface area (Å²) in [5.74, 6) is -0.200. The number of benzene rings is 2. The second-order valence-electron chi connectivity index (χ2n) is 6.38. The number of carbonyl (C=O) groups is 1. The van der Waals surface area contributed by atoms with Gasteiger partial charge in [-0.2, -0.15) is 18.4 Å². The summed E-state index contributed by atoms with van der Waals surface area (Å²) in [5, 5.41) is 26.1. The highest BCUT2D eigenvalue weighted by Gasteiger charge is 2.30. The number of alkyl halides is 3. The summed E-state index contributed by atoms with van der Waals surface area (Å²) in [6.07, 6.45) is -4.47. The molecule has 0 unspecified atom stereocenters. The first-order chi connectivity index (χ1) is 14.7. The van der Waals surface area contributed by atoms with E-state index in [2.05, 4.69) is 15.6 Å². The Kier molecular flexibility index (Phi) is 6.01. The fraction of sp³-hybridized carbons (Fsp3) is 0.150. The molecule has 158 valence electrons. The van der Waals surface area contributed by atoms with Gasteiger partial charge in [0.15, 0.2) is 0 Å². The van der Waals surface area contributed by atoms with Crippen LogP contribution < -0.4 is 10.6 Å². The van der Waals surface area contributed by atoms with Gasteiger partial charge < -0.3 is 10.6 Å². The molecule has 2 aromatic carbocycles. The maximum atomic E-state index is 12.6. The lowest BCUT2D eigenvalue weighted by atomic mass is 10.1. The number of hydrogen-bond donors (Lipinski definition) is 2. The average molecular weight is 429 g/mol. The van der Waals surface area contributed by atoms with Crippen LogP contribution in [0.25, 0.3) is 10.9 Å². The molecule has 0 bridgehead atoms. The predicted molar refractivity (Wildman–Crippen MR) is 105 cm³/mol. The molecule has 0 aliphatic heterocycles. The molecular formula is C20H14F3N5O3. The minimum absolute atomic E-state index is 0.0881.